The molecule has 3 rings (SSSR count). The van der Waals surface area contributed by atoms with Crippen molar-refractivity contribution in [3.63, 3.8) is 0 Å². The Bertz CT molecular complexity index is 1020. The summed E-state index contributed by atoms with van der Waals surface area (Å²) in [6.45, 7) is 2.88. The van der Waals surface area contributed by atoms with Crippen molar-refractivity contribution in [1.29, 1.82) is 0 Å². The molecule has 1 saturated heterocycles. The molecule has 0 bridgehead atoms. The lowest BCUT2D eigenvalue weighted by molar-refractivity contribution is 0.0600. The third kappa shape index (κ3) is 5.41. The van der Waals surface area contributed by atoms with Crippen molar-refractivity contribution in [2.45, 2.75) is 25.7 Å². The maximum absolute atomic E-state index is 12.6. The molecular formula is C22H23N3O5S. The molecule has 0 saturated carbocycles. The quantitative estimate of drug-likeness (QED) is 0.564. The fourth-order valence-corrected chi connectivity index (χ4v) is 4.29. The minimum atomic E-state index is -0.430. The van der Waals surface area contributed by atoms with Crippen LogP contribution < -0.4 is 5.32 Å². The van der Waals surface area contributed by atoms with Crippen molar-refractivity contribution in [1.82, 2.24) is 9.88 Å². The van der Waals surface area contributed by atoms with Crippen LogP contribution in [0.15, 0.2) is 23.6 Å². The van der Waals surface area contributed by atoms with Gasteiger partial charge in [0.05, 0.1) is 17.7 Å². The highest BCUT2D eigenvalue weighted by Crippen LogP contribution is 2.31. The van der Waals surface area contributed by atoms with E-state index in [0.29, 0.717) is 30.0 Å². The summed E-state index contributed by atoms with van der Waals surface area (Å²) in [5.41, 5.74) is 2.11. The van der Waals surface area contributed by atoms with Gasteiger partial charge in [0, 0.05) is 30.1 Å². The molecule has 1 fully saturated rings. The second-order valence-electron chi connectivity index (χ2n) is 7.07. The second kappa shape index (κ2) is 10.1. The van der Waals surface area contributed by atoms with E-state index in [1.54, 1.807) is 35.4 Å². The molecule has 1 aliphatic rings. The number of hydrogen-bond donors (Lipinski definition) is 1. The van der Waals surface area contributed by atoms with Gasteiger partial charge >= 0.3 is 12.1 Å². The van der Waals surface area contributed by atoms with Crippen molar-refractivity contribution in [3.05, 3.63) is 45.4 Å². The van der Waals surface area contributed by atoms with Crippen LogP contribution in [0.2, 0.25) is 0 Å². The third-order valence-electron chi connectivity index (χ3n) is 5.03. The first kappa shape index (κ1) is 22.3. The van der Waals surface area contributed by atoms with Gasteiger partial charge in [0.2, 0.25) is 0 Å². The smallest absolute Gasteiger partial charge is 0.410 e. The Morgan fingerprint density at radius 1 is 1.32 bits per heavy atom. The van der Waals surface area contributed by atoms with E-state index in [2.05, 4.69) is 16.2 Å². The van der Waals surface area contributed by atoms with Gasteiger partial charge in [0.25, 0.3) is 5.91 Å². The van der Waals surface area contributed by atoms with E-state index in [9.17, 15) is 14.4 Å². The van der Waals surface area contributed by atoms with Crippen LogP contribution in [0.4, 0.5) is 10.5 Å². The number of thiazole rings is 1. The predicted molar refractivity (Wildman–Crippen MR) is 116 cm³/mol. The van der Waals surface area contributed by atoms with Gasteiger partial charge in [-0.15, -0.1) is 17.8 Å². The van der Waals surface area contributed by atoms with Crippen molar-refractivity contribution in [3.8, 4) is 12.3 Å². The van der Waals surface area contributed by atoms with Gasteiger partial charge in [0.1, 0.15) is 5.69 Å². The average Bonchev–Trinajstić information content (AvgIpc) is 3.28. The number of nitrogens with zero attached hydrogens (tertiary/aromatic N) is 2. The van der Waals surface area contributed by atoms with E-state index < -0.39 is 12.1 Å². The summed E-state index contributed by atoms with van der Waals surface area (Å²) in [6.07, 6.45) is 6.20. The van der Waals surface area contributed by atoms with E-state index >= 15 is 0 Å². The van der Waals surface area contributed by atoms with Crippen LogP contribution in [-0.2, 0) is 9.47 Å². The molecule has 8 nitrogen and oxygen atoms in total. The highest BCUT2D eigenvalue weighted by atomic mass is 32.1. The number of ether oxygens (including phenoxy) is 2. The Morgan fingerprint density at radius 2 is 2.06 bits per heavy atom. The summed E-state index contributed by atoms with van der Waals surface area (Å²) in [4.78, 5) is 42.3. The molecule has 0 aliphatic carbocycles. The minimum Gasteiger partial charge on any atom is -0.465 e. The maximum atomic E-state index is 12.6. The number of esters is 1. The lowest BCUT2D eigenvalue weighted by Crippen LogP contribution is -2.38. The number of carbonyl (C=O) groups is 3. The summed E-state index contributed by atoms with van der Waals surface area (Å²) < 4.78 is 9.67. The van der Waals surface area contributed by atoms with Gasteiger partial charge in [0.15, 0.2) is 6.61 Å². The molecule has 1 N–H and O–H groups in total. The SMILES string of the molecule is C#CCOC(=O)N1CCC(c2nc(C(=O)Nc3ccc(C(=O)OC)cc3C)cs2)CC1. The molecule has 2 heterocycles. The van der Waals surface area contributed by atoms with Crippen LogP contribution in [0.5, 0.6) is 0 Å². The lowest BCUT2D eigenvalue weighted by atomic mass is 9.98. The molecule has 0 atom stereocenters. The maximum Gasteiger partial charge on any atom is 0.410 e. The molecule has 0 unspecified atom stereocenters. The summed E-state index contributed by atoms with van der Waals surface area (Å²) in [5, 5.41) is 5.44. The molecule has 2 amide bonds. The summed E-state index contributed by atoms with van der Waals surface area (Å²) in [7, 11) is 1.32. The Kier molecular flexibility index (Phi) is 7.26. The topological polar surface area (TPSA) is 97.8 Å². The average molecular weight is 442 g/mol. The zero-order valence-electron chi connectivity index (χ0n) is 17.3. The number of amides is 2. The Hall–Kier alpha value is -3.38. The highest BCUT2D eigenvalue weighted by Gasteiger charge is 2.27. The van der Waals surface area contributed by atoms with Gasteiger partial charge in [-0.1, -0.05) is 5.92 Å². The van der Waals surface area contributed by atoms with Crippen molar-refractivity contribution in [2.24, 2.45) is 0 Å². The van der Waals surface area contributed by atoms with E-state index in [4.69, 9.17) is 15.9 Å². The number of terminal acetylenes is 1. The molecule has 31 heavy (non-hydrogen) atoms. The van der Waals surface area contributed by atoms with Crippen LogP contribution >= 0.6 is 11.3 Å². The molecule has 1 aliphatic heterocycles. The first-order valence-electron chi connectivity index (χ1n) is 9.73. The molecule has 1 aromatic carbocycles. The van der Waals surface area contributed by atoms with Crippen molar-refractivity contribution in [2.75, 3.05) is 32.1 Å². The molecule has 2 aromatic rings. The fourth-order valence-electron chi connectivity index (χ4n) is 3.32. The van der Waals surface area contributed by atoms with Crippen LogP contribution in [-0.4, -0.2) is 54.7 Å². The first-order chi connectivity index (χ1) is 14.9. The normalized spacial score (nSPS) is 13.9. The minimum absolute atomic E-state index is 0.0331. The van der Waals surface area contributed by atoms with E-state index in [-0.39, 0.29) is 18.4 Å². The Morgan fingerprint density at radius 3 is 2.71 bits per heavy atom. The Labute approximate surface area is 184 Å². The van der Waals surface area contributed by atoms with Crippen molar-refractivity contribution >= 4 is 35.0 Å². The Balaban J connectivity index is 1.59. The third-order valence-corrected chi connectivity index (χ3v) is 6.04. The van der Waals surface area contributed by atoms with Crippen LogP contribution in [0.25, 0.3) is 0 Å². The molecule has 1 aromatic heterocycles. The number of likely N-dealkylation sites (tertiary alicyclic amines) is 1. The number of aromatic nitrogens is 1. The monoisotopic (exact) mass is 441 g/mol. The van der Waals surface area contributed by atoms with E-state index in [1.807, 2.05) is 0 Å². The van der Waals surface area contributed by atoms with Crippen LogP contribution in [0.3, 0.4) is 0 Å². The first-order valence-corrected chi connectivity index (χ1v) is 10.6. The fraction of sp³-hybridized carbons (Fsp3) is 0.364. The molecular weight excluding hydrogens is 418 g/mol. The number of aryl methyl sites for hydroxylation is 1. The van der Waals surface area contributed by atoms with Gasteiger partial charge in [-0.25, -0.2) is 14.6 Å². The second-order valence-corrected chi connectivity index (χ2v) is 7.96. The number of piperidine rings is 1. The standard InChI is InChI=1S/C22H23N3O5S/c1-4-11-30-22(28)25-9-7-15(8-10-25)20-24-18(13-31-20)19(26)23-17-6-5-16(12-14(17)2)21(27)29-3/h1,5-6,12-13,15H,7-11H2,2-3H3,(H,23,26). The van der Waals surface area contributed by atoms with Gasteiger partial charge in [-0.2, -0.15) is 0 Å². The number of carbonyl (C=O) groups excluding carboxylic acids is 3. The largest absolute Gasteiger partial charge is 0.465 e. The van der Waals surface area contributed by atoms with Crippen molar-refractivity contribution < 1.29 is 23.9 Å². The zero-order chi connectivity index (χ0) is 22.4. The lowest BCUT2D eigenvalue weighted by Gasteiger charge is -2.30. The molecule has 0 spiro atoms. The summed E-state index contributed by atoms with van der Waals surface area (Å²) >= 11 is 1.44. The van der Waals surface area contributed by atoms with Crippen LogP contribution in [0.1, 0.15) is 50.2 Å². The number of rotatable bonds is 5. The molecule has 162 valence electrons. The number of anilines is 1. The van der Waals surface area contributed by atoms with Gasteiger partial charge in [-0.05, 0) is 43.5 Å². The van der Waals surface area contributed by atoms with E-state index in [0.717, 1.165) is 23.4 Å². The zero-order valence-corrected chi connectivity index (χ0v) is 18.2. The number of hydrogen-bond acceptors (Lipinski definition) is 7. The van der Waals surface area contributed by atoms with E-state index in [1.165, 1.54) is 18.4 Å². The number of benzene rings is 1. The van der Waals surface area contributed by atoms with Gasteiger partial charge < -0.3 is 19.7 Å². The highest BCUT2D eigenvalue weighted by molar-refractivity contribution is 7.10. The molecule has 0 radical (unpaired) electrons. The molecule has 9 heteroatoms. The van der Waals surface area contributed by atoms with Gasteiger partial charge in [-0.3, -0.25) is 4.79 Å². The summed E-state index contributed by atoms with van der Waals surface area (Å²) in [6, 6.07) is 4.93. The number of methoxy groups -OCH3 is 1. The summed E-state index contributed by atoms with van der Waals surface area (Å²) in [5.74, 6) is 1.72. The van der Waals surface area contributed by atoms with Crippen LogP contribution in [0, 0.1) is 19.3 Å². The number of nitrogens with one attached hydrogen (secondary N) is 1. The predicted octanol–water partition coefficient (Wildman–Crippen LogP) is 3.44.